The number of carbonyl (C=O) groups is 1. The van der Waals surface area contributed by atoms with Crippen LogP contribution in [0.4, 0.5) is 0 Å². The molecule has 3 N–H and O–H groups in total. The van der Waals surface area contributed by atoms with Gasteiger partial charge in [-0.15, -0.1) is 12.4 Å². The maximum atomic E-state index is 12.4. The lowest BCUT2D eigenvalue weighted by Gasteiger charge is -2.34. The lowest BCUT2D eigenvalue weighted by molar-refractivity contribution is -0.136. The Morgan fingerprint density at radius 3 is 2.67 bits per heavy atom. The van der Waals surface area contributed by atoms with Crippen LogP contribution in [-0.4, -0.2) is 25.7 Å². The Morgan fingerprint density at radius 1 is 1.43 bits per heavy atom. The third kappa shape index (κ3) is 4.42. The minimum Gasteiger partial charge on any atom is -0.381 e. The summed E-state index contributed by atoms with van der Waals surface area (Å²) in [5.41, 5.74) is 7.66. The standard InChI is InChI=1S/C15H21BrN2O2.ClH/c1-11-8-13(16)3-2-12(11)9-18-14(19)15(10-17)4-6-20-7-5-15;/h2-3,8H,4-7,9-10,17H2,1H3,(H,18,19);1H. The predicted octanol–water partition coefficient (Wildman–Crippen LogP) is 2.55. The molecule has 4 nitrogen and oxygen atoms in total. The molecule has 0 saturated carbocycles. The number of carbonyl (C=O) groups excluding carboxylic acids is 1. The molecule has 0 spiro atoms. The van der Waals surface area contributed by atoms with Gasteiger partial charge in [0.25, 0.3) is 0 Å². The molecule has 1 aliphatic heterocycles. The summed E-state index contributed by atoms with van der Waals surface area (Å²) in [6.45, 7) is 4.19. The van der Waals surface area contributed by atoms with Gasteiger partial charge in [0.15, 0.2) is 0 Å². The zero-order chi connectivity index (χ0) is 14.6. The van der Waals surface area contributed by atoms with Crippen LogP contribution >= 0.6 is 28.3 Å². The van der Waals surface area contributed by atoms with Gasteiger partial charge in [-0.05, 0) is 43.0 Å². The first-order valence-corrected chi connectivity index (χ1v) is 7.68. The Hall–Kier alpha value is -0.620. The zero-order valence-electron chi connectivity index (χ0n) is 12.2. The Labute approximate surface area is 140 Å². The predicted molar refractivity (Wildman–Crippen MR) is 89.5 cm³/mol. The Balaban J connectivity index is 0.00000220. The van der Waals surface area contributed by atoms with Gasteiger partial charge in [-0.25, -0.2) is 0 Å². The van der Waals surface area contributed by atoms with Crippen LogP contribution in [0.15, 0.2) is 22.7 Å². The summed E-state index contributed by atoms with van der Waals surface area (Å²) >= 11 is 3.44. The van der Waals surface area contributed by atoms with Crippen molar-refractivity contribution in [2.24, 2.45) is 11.1 Å². The van der Waals surface area contributed by atoms with Crippen LogP contribution in [0.1, 0.15) is 24.0 Å². The van der Waals surface area contributed by atoms with Gasteiger partial charge in [-0.2, -0.15) is 0 Å². The number of aryl methyl sites for hydroxylation is 1. The molecule has 2 rings (SSSR count). The molecule has 0 aromatic heterocycles. The van der Waals surface area contributed by atoms with Crippen molar-refractivity contribution >= 4 is 34.2 Å². The van der Waals surface area contributed by atoms with Crippen LogP contribution < -0.4 is 11.1 Å². The van der Waals surface area contributed by atoms with E-state index >= 15 is 0 Å². The first kappa shape index (κ1) is 18.4. The van der Waals surface area contributed by atoms with Gasteiger partial charge in [0.2, 0.25) is 5.91 Å². The maximum absolute atomic E-state index is 12.4. The fourth-order valence-electron chi connectivity index (χ4n) is 2.51. The Morgan fingerprint density at radius 2 is 2.10 bits per heavy atom. The van der Waals surface area contributed by atoms with Crippen LogP contribution in [0.25, 0.3) is 0 Å². The molecule has 1 aliphatic rings. The molecule has 0 unspecified atom stereocenters. The average Bonchev–Trinajstić information content (AvgIpc) is 2.46. The molecule has 1 fully saturated rings. The first-order valence-electron chi connectivity index (χ1n) is 6.88. The van der Waals surface area contributed by atoms with Crippen LogP contribution in [0.2, 0.25) is 0 Å². The van der Waals surface area contributed by atoms with Gasteiger partial charge in [0.05, 0.1) is 5.41 Å². The second-order valence-corrected chi connectivity index (χ2v) is 6.27. The summed E-state index contributed by atoms with van der Waals surface area (Å²) in [5.74, 6) is 0.0469. The van der Waals surface area contributed by atoms with E-state index in [1.54, 1.807) is 0 Å². The molecule has 0 atom stereocenters. The molecule has 0 aliphatic carbocycles. The van der Waals surface area contributed by atoms with Crippen LogP contribution in [0.3, 0.4) is 0 Å². The highest BCUT2D eigenvalue weighted by molar-refractivity contribution is 9.10. The lowest BCUT2D eigenvalue weighted by atomic mass is 9.79. The third-order valence-corrected chi connectivity index (χ3v) is 4.56. The second kappa shape index (κ2) is 8.13. The van der Waals surface area contributed by atoms with Crippen LogP contribution in [0, 0.1) is 12.3 Å². The molecular formula is C15H22BrClN2O2. The quantitative estimate of drug-likeness (QED) is 0.847. The number of rotatable bonds is 4. The summed E-state index contributed by atoms with van der Waals surface area (Å²) in [4.78, 5) is 12.4. The van der Waals surface area contributed by atoms with Gasteiger partial charge in [-0.3, -0.25) is 4.79 Å². The van der Waals surface area contributed by atoms with Crippen molar-refractivity contribution in [1.82, 2.24) is 5.32 Å². The van der Waals surface area contributed by atoms with E-state index in [9.17, 15) is 4.79 Å². The molecule has 21 heavy (non-hydrogen) atoms. The summed E-state index contributed by atoms with van der Waals surface area (Å²) in [6.07, 6.45) is 1.41. The lowest BCUT2D eigenvalue weighted by Crippen LogP contribution is -2.49. The van der Waals surface area contributed by atoms with Crippen molar-refractivity contribution in [2.45, 2.75) is 26.3 Å². The average molecular weight is 378 g/mol. The first-order chi connectivity index (χ1) is 9.57. The summed E-state index contributed by atoms with van der Waals surface area (Å²) in [7, 11) is 0. The van der Waals surface area contributed by atoms with E-state index < -0.39 is 5.41 Å². The molecule has 1 aromatic carbocycles. The molecule has 1 amide bonds. The van der Waals surface area contributed by atoms with Crippen molar-refractivity contribution < 1.29 is 9.53 Å². The summed E-state index contributed by atoms with van der Waals surface area (Å²) in [6, 6.07) is 6.06. The molecule has 0 bridgehead atoms. The number of benzene rings is 1. The number of hydrogen-bond donors (Lipinski definition) is 2. The molecule has 6 heteroatoms. The van der Waals surface area contributed by atoms with E-state index in [0.29, 0.717) is 39.1 Å². The number of halogens is 2. The smallest absolute Gasteiger partial charge is 0.227 e. The van der Waals surface area contributed by atoms with Crippen molar-refractivity contribution in [1.29, 1.82) is 0 Å². The van der Waals surface area contributed by atoms with Gasteiger partial charge in [0, 0.05) is 30.8 Å². The third-order valence-electron chi connectivity index (χ3n) is 4.07. The van der Waals surface area contributed by atoms with E-state index in [1.807, 2.05) is 19.1 Å². The largest absolute Gasteiger partial charge is 0.381 e. The molecular weight excluding hydrogens is 356 g/mol. The van der Waals surface area contributed by atoms with Crippen LogP contribution in [0.5, 0.6) is 0 Å². The maximum Gasteiger partial charge on any atom is 0.227 e. The van der Waals surface area contributed by atoms with Gasteiger partial charge < -0.3 is 15.8 Å². The van der Waals surface area contributed by atoms with Gasteiger partial charge >= 0.3 is 0 Å². The SMILES string of the molecule is Cc1cc(Br)ccc1CNC(=O)C1(CN)CCOCC1.Cl. The Bertz CT molecular complexity index is 491. The van der Waals surface area contributed by atoms with E-state index in [0.717, 1.165) is 15.6 Å². The number of amides is 1. The molecule has 1 heterocycles. The number of ether oxygens (including phenoxy) is 1. The van der Waals surface area contributed by atoms with E-state index in [1.165, 1.54) is 0 Å². The number of hydrogen-bond acceptors (Lipinski definition) is 3. The normalized spacial score (nSPS) is 16.9. The van der Waals surface area contributed by atoms with E-state index in [2.05, 4.69) is 27.3 Å². The molecule has 1 aromatic rings. The molecule has 1 saturated heterocycles. The van der Waals surface area contributed by atoms with Crippen molar-refractivity contribution in [3.05, 3.63) is 33.8 Å². The summed E-state index contributed by atoms with van der Waals surface area (Å²) in [5, 5.41) is 3.03. The van der Waals surface area contributed by atoms with Crippen LogP contribution in [-0.2, 0) is 16.1 Å². The highest BCUT2D eigenvalue weighted by atomic mass is 79.9. The fraction of sp³-hybridized carbons (Fsp3) is 0.533. The molecule has 0 radical (unpaired) electrons. The topological polar surface area (TPSA) is 64.4 Å². The summed E-state index contributed by atoms with van der Waals surface area (Å²) < 4.78 is 6.38. The number of nitrogens with two attached hydrogens (primary N) is 1. The van der Waals surface area contributed by atoms with Gasteiger partial charge in [-0.1, -0.05) is 22.0 Å². The second-order valence-electron chi connectivity index (χ2n) is 5.35. The molecule has 118 valence electrons. The van der Waals surface area contributed by atoms with Gasteiger partial charge in [0.1, 0.15) is 0 Å². The fourth-order valence-corrected chi connectivity index (χ4v) is 2.98. The van der Waals surface area contributed by atoms with Crippen molar-refractivity contribution in [3.63, 3.8) is 0 Å². The Kier molecular flexibility index (Phi) is 7.13. The zero-order valence-corrected chi connectivity index (χ0v) is 14.6. The van der Waals surface area contributed by atoms with E-state index in [4.69, 9.17) is 10.5 Å². The minimum absolute atomic E-state index is 0. The number of nitrogens with one attached hydrogen (secondary N) is 1. The van der Waals surface area contributed by atoms with Crippen molar-refractivity contribution in [2.75, 3.05) is 19.8 Å². The highest BCUT2D eigenvalue weighted by Gasteiger charge is 2.38. The highest BCUT2D eigenvalue weighted by Crippen LogP contribution is 2.29. The van der Waals surface area contributed by atoms with E-state index in [-0.39, 0.29) is 18.3 Å². The minimum atomic E-state index is -0.457. The van der Waals surface area contributed by atoms with Crippen molar-refractivity contribution in [3.8, 4) is 0 Å². The monoisotopic (exact) mass is 376 g/mol.